The van der Waals surface area contributed by atoms with Crippen LogP contribution >= 0.6 is 11.6 Å². The van der Waals surface area contributed by atoms with Gasteiger partial charge in [0, 0.05) is 18.1 Å². The fourth-order valence-corrected chi connectivity index (χ4v) is 5.64. The van der Waals surface area contributed by atoms with Crippen molar-refractivity contribution in [3.63, 3.8) is 0 Å². The number of carbonyl (C=O) groups is 2. The van der Waals surface area contributed by atoms with E-state index in [2.05, 4.69) is 5.32 Å². The summed E-state index contributed by atoms with van der Waals surface area (Å²) in [5.74, 6) is -0.651. The number of sulfonamides is 1. The Morgan fingerprint density at radius 3 is 2.33 bits per heavy atom. The molecule has 3 rings (SSSR count). The Kier molecular flexibility index (Phi) is 10.4. The van der Waals surface area contributed by atoms with E-state index in [1.54, 1.807) is 37.3 Å². The van der Waals surface area contributed by atoms with Crippen LogP contribution in [0.15, 0.2) is 77.7 Å². The molecule has 1 atom stereocenters. The molecule has 208 valence electrons. The third kappa shape index (κ3) is 7.30. The summed E-state index contributed by atoms with van der Waals surface area (Å²) in [6.07, 6.45) is 0.738. The number of methoxy groups -OCH3 is 1. The van der Waals surface area contributed by atoms with Crippen molar-refractivity contribution in [1.29, 1.82) is 0 Å². The van der Waals surface area contributed by atoms with Gasteiger partial charge in [0.05, 0.1) is 17.7 Å². The molecular weight excluding hydrogens is 538 g/mol. The van der Waals surface area contributed by atoms with Crippen LogP contribution < -0.4 is 14.4 Å². The normalized spacial score (nSPS) is 11.9. The van der Waals surface area contributed by atoms with E-state index in [0.29, 0.717) is 6.54 Å². The summed E-state index contributed by atoms with van der Waals surface area (Å²) in [7, 11) is -2.82. The summed E-state index contributed by atoms with van der Waals surface area (Å²) in [6.45, 7) is 5.50. The van der Waals surface area contributed by atoms with Crippen LogP contribution in [0.3, 0.4) is 0 Å². The number of amides is 2. The molecule has 0 heterocycles. The number of carbonyl (C=O) groups excluding carboxylic acids is 2. The van der Waals surface area contributed by atoms with Gasteiger partial charge in [-0.05, 0) is 61.7 Å². The van der Waals surface area contributed by atoms with Gasteiger partial charge in [0.15, 0.2) is 0 Å². The molecule has 2 amide bonds. The zero-order valence-corrected chi connectivity index (χ0v) is 24.1. The lowest BCUT2D eigenvalue weighted by molar-refractivity contribution is -0.139. The second-order valence-electron chi connectivity index (χ2n) is 9.06. The van der Waals surface area contributed by atoms with Crippen molar-refractivity contribution in [2.75, 3.05) is 24.5 Å². The monoisotopic (exact) mass is 571 g/mol. The van der Waals surface area contributed by atoms with E-state index in [0.717, 1.165) is 21.9 Å². The average Bonchev–Trinajstić information content (AvgIpc) is 2.94. The van der Waals surface area contributed by atoms with E-state index in [4.69, 9.17) is 16.3 Å². The van der Waals surface area contributed by atoms with Crippen molar-refractivity contribution in [2.45, 2.75) is 44.7 Å². The van der Waals surface area contributed by atoms with E-state index in [9.17, 15) is 18.0 Å². The maximum absolute atomic E-state index is 14.0. The lowest BCUT2D eigenvalue weighted by Crippen LogP contribution is -2.51. The minimum absolute atomic E-state index is 0.000908. The molecule has 8 nitrogen and oxygen atoms in total. The second-order valence-corrected chi connectivity index (χ2v) is 11.4. The zero-order chi connectivity index (χ0) is 28.6. The van der Waals surface area contributed by atoms with Gasteiger partial charge in [-0.2, -0.15) is 0 Å². The summed E-state index contributed by atoms with van der Waals surface area (Å²) in [4.78, 5) is 28.4. The van der Waals surface area contributed by atoms with E-state index in [-0.39, 0.29) is 33.8 Å². The van der Waals surface area contributed by atoms with Crippen LogP contribution in [0.4, 0.5) is 5.69 Å². The number of hydrogen-bond donors (Lipinski definition) is 1. The van der Waals surface area contributed by atoms with Crippen LogP contribution in [0.25, 0.3) is 0 Å². The quantitative estimate of drug-likeness (QED) is 0.337. The van der Waals surface area contributed by atoms with Gasteiger partial charge in [-0.3, -0.25) is 13.9 Å². The molecule has 0 bridgehead atoms. The van der Waals surface area contributed by atoms with Gasteiger partial charge in [-0.15, -0.1) is 0 Å². The van der Waals surface area contributed by atoms with E-state index in [1.165, 1.54) is 30.2 Å². The van der Waals surface area contributed by atoms with Crippen LogP contribution in [-0.2, 0) is 26.2 Å². The second kappa shape index (κ2) is 13.5. The molecule has 0 spiro atoms. The highest BCUT2D eigenvalue weighted by atomic mass is 35.5. The molecule has 0 saturated heterocycles. The van der Waals surface area contributed by atoms with Crippen LogP contribution in [0, 0.1) is 6.92 Å². The van der Waals surface area contributed by atoms with Crippen LogP contribution in [0.1, 0.15) is 31.4 Å². The number of nitrogens with zero attached hydrogens (tertiary/aromatic N) is 2. The number of ether oxygens (including phenoxy) is 1. The van der Waals surface area contributed by atoms with Crippen molar-refractivity contribution in [3.8, 4) is 5.75 Å². The van der Waals surface area contributed by atoms with Gasteiger partial charge in [-0.25, -0.2) is 8.42 Å². The molecule has 0 aliphatic rings. The van der Waals surface area contributed by atoms with Gasteiger partial charge >= 0.3 is 0 Å². The number of rotatable bonds is 12. The summed E-state index contributed by atoms with van der Waals surface area (Å²) in [6, 6.07) is 19.1. The molecule has 0 aliphatic heterocycles. The van der Waals surface area contributed by atoms with Gasteiger partial charge < -0.3 is 15.0 Å². The van der Waals surface area contributed by atoms with Crippen molar-refractivity contribution < 1.29 is 22.7 Å². The molecule has 1 N–H and O–H groups in total. The van der Waals surface area contributed by atoms with Crippen molar-refractivity contribution in [1.82, 2.24) is 10.2 Å². The molecule has 0 fully saturated rings. The van der Waals surface area contributed by atoms with Gasteiger partial charge in [0.25, 0.3) is 10.0 Å². The lowest BCUT2D eigenvalue weighted by atomic mass is 10.1. The van der Waals surface area contributed by atoms with Gasteiger partial charge in [0.2, 0.25) is 11.8 Å². The first-order valence-corrected chi connectivity index (χ1v) is 14.4. The number of hydrogen-bond acceptors (Lipinski definition) is 5. The van der Waals surface area contributed by atoms with Gasteiger partial charge in [0.1, 0.15) is 18.3 Å². The maximum Gasteiger partial charge on any atom is 0.264 e. The summed E-state index contributed by atoms with van der Waals surface area (Å²) >= 11 is 6.25. The Bertz CT molecular complexity index is 1400. The van der Waals surface area contributed by atoms with Crippen LogP contribution in [0.5, 0.6) is 5.75 Å². The largest absolute Gasteiger partial charge is 0.495 e. The number of nitrogens with one attached hydrogen (secondary N) is 1. The van der Waals surface area contributed by atoms with E-state index < -0.39 is 28.5 Å². The average molecular weight is 572 g/mol. The first kappa shape index (κ1) is 30.0. The predicted octanol–water partition coefficient (Wildman–Crippen LogP) is 4.80. The van der Waals surface area contributed by atoms with Gasteiger partial charge in [-0.1, -0.05) is 61.0 Å². The smallest absolute Gasteiger partial charge is 0.264 e. The minimum atomic E-state index is -4.23. The zero-order valence-electron chi connectivity index (χ0n) is 22.6. The Balaban J connectivity index is 2.09. The molecule has 0 radical (unpaired) electrons. The van der Waals surface area contributed by atoms with Crippen molar-refractivity contribution >= 4 is 39.1 Å². The predicted molar refractivity (Wildman–Crippen MR) is 153 cm³/mol. The Labute approximate surface area is 235 Å². The highest BCUT2D eigenvalue weighted by molar-refractivity contribution is 7.92. The standard InChI is InChI=1S/C29H34ClN3O5S/c1-5-17-31-29(35)22(3)32(19-23-12-10-9-11-21(23)2)28(34)20-33(26-18-24(30)15-16-27(26)38-4)39(36,37)25-13-7-6-8-14-25/h6-16,18,22H,5,17,19-20H2,1-4H3,(H,31,35)/t22-/m0/s1. The molecule has 0 aliphatic carbocycles. The highest BCUT2D eigenvalue weighted by Crippen LogP contribution is 2.35. The van der Waals surface area contributed by atoms with Crippen LogP contribution in [-0.4, -0.2) is 51.4 Å². The fraction of sp³-hybridized carbons (Fsp3) is 0.310. The Hall–Kier alpha value is -3.56. The molecule has 3 aromatic carbocycles. The molecule has 0 unspecified atom stereocenters. The minimum Gasteiger partial charge on any atom is -0.495 e. The first-order chi connectivity index (χ1) is 18.6. The highest BCUT2D eigenvalue weighted by Gasteiger charge is 2.34. The Morgan fingerprint density at radius 2 is 1.69 bits per heavy atom. The van der Waals surface area contributed by atoms with Crippen molar-refractivity contribution in [2.24, 2.45) is 0 Å². The third-order valence-corrected chi connectivity index (χ3v) is 8.35. The lowest BCUT2D eigenvalue weighted by Gasteiger charge is -2.32. The maximum atomic E-state index is 14.0. The topological polar surface area (TPSA) is 96.0 Å². The third-order valence-electron chi connectivity index (χ3n) is 6.34. The SMILES string of the molecule is CCCNC(=O)[C@H](C)N(Cc1ccccc1C)C(=O)CN(c1cc(Cl)ccc1OC)S(=O)(=O)c1ccccc1. The molecule has 0 aromatic heterocycles. The molecule has 10 heteroatoms. The first-order valence-electron chi connectivity index (χ1n) is 12.6. The number of anilines is 1. The number of benzene rings is 3. The molecule has 39 heavy (non-hydrogen) atoms. The van der Waals surface area contributed by atoms with Crippen molar-refractivity contribution in [3.05, 3.63) is 88.9 Å². The fourth-order valence-electron chi connectivity index (χ4n) is 4.04. The van der Waals surface area contributed by atoms with Crippen LogP contribution in [0.2, 0.25) is 5.02 Å². The van der Waals surface area contributed by atoms with E-state index in [1.807, 2.05) is 38.1 Å². The number of aryl methyl sites for hydroxylation is 1. The summed E-state index contributed by atoms with van der Waals surface area (Å²) < 4.78 is 34.2. The molecule has 3 aromatic rings. The Morgan fingerprint density at radius 1 is 1.03 bits per heavy atom. The molecular formula is C29H34ClN3O5S. The number of halogens is 1. The van der Waals surface area contributed by atoms with E-state index >= 15 is 0 Å². The molecule has 0 saturated carbocycles. The summed E-state index contributed by atoms with van der Waals surface area (Å²) in [5, 5.41) is 3.11. The summed E-state index contributed by atoms with van der Waals surface area (Å²) in [5.41, 5.74) is 1.90.